The Bertz CT molecular complexity index is 905. The molecule has 4 rings (SSSR count). The lowest BCUT2D eigenvalue weighted by Crippen LogP contribution is -2.39. The van der Waals surface area contributed by atoms with Gasteiger partial charge < -0.3 is 9.80 Å². The Labute approximate surface area is 161 Å². The van der Waals surface area contributed by atoms with Gasteiger partial charge in [0.25, 0.3) is 0 Å². The minimum absolute atomic E-state index is 0.00253. The van der Waals surface area contributed by atoms with Crippen molar-refractivity contribution in [1.29, 1.82) is 0 Å². The highest BCUT2D eigenvalue weighted by molar-refractivity contribution is 9.11. The molecule has 5 nitrogen and oxygen atoms in total. The molecule has 3 atom stereocenters. The SMILES string of the molecule is O=C1N(Cc2ccccc2)[C@@H]2[C@@H](CS(=O)(=O)[C@@H]2Br)N1Cc1ccccc1. The van der Waals surface area contributed by atoms with Crippen LogP contribution in [0.15, 0.2) is 60.7 Å². The lowest BCUT2D eigenvalue weighted by molar-refractivity contribution is 0.181. The Morgan fingerprint density at radius 3 is 1.92 bits per heavy atom. The van der Waals surface area contributed by atoms with Crippen LogP contribution in [0, 0.1) is 0 Å². The van der Waals surface area contributed by atoms with Gasteiger partial charge in [-0.15, -0.1) is 0 Å². The normalized spacial score (nSPS) is 27.0. The first-order valence-electron chi connectivity index (χ1n) is 8.48. The van der Waals surface area contributed by atoms with Crippen LogP contribution in [0.2, 0.25) is 0 Å². The molecule has 2 aliphatic rings. The Kier molecular flexibility index (Phi) is 4.52. The van der Waals surface area contributed by atoms with Gasteiger partial charge in [0.1, 0.15) is 4.16 Å². The van der Waals surface area contributed by atoms with Gasteiger partial charge in [-0.2, -0.15) is 0 Å². The van der Waals surface area contributed by atoms with Crippen LogP contribution in [0.5, 0.6) is 0 Å². The zero-order valence-electron chi connectivity index (χ0n) is 14.0. The predicted molar refractivity (Wildman–Crippen MR) is 103 cm³/mol. The van der Waals surface area contributed by atoms with Gasteiger partial charge in [-0.25, -0.2) is 13.2 Å². The number of urea groups is 1. The Morgan fingerprint density at radius 1 is 0.885 bits per heavy atom. The summed E-state index contributed by atoms with van der Waals surface area (Å²) in [4.78, 5) is 16.5. The number of benzene rings is 2. The maximum absolute atomic E-state index is 13.1. The summed E-state index contributed by atoms with van der Waals surface area (Å²) >= 11 is 3.35. The van der Waals surface area contributed by atoms with Crippen LogP contribution in [0.3, 0.4) is 0 Å². The van der Waals surface area contributed by atoms with Crippen molar-refractivity contribution >= 4 is 31.8 Å². The number of hydrogen-bond donors (Lipinski definition) is 0. The number of sulfone groups is 1. The molecular weight excluding hydrogens is 416 g/mol. The highest BCUT2D eigenvalue weighted by Crippen LogP contribution is 2.40. The van der Waals surface area contributed by atoms with Gasteiger partial charge >= 0.3 is 6.03 Å². The lowest BCUT2D eigenvalue weighted by atomic mass is 10.1. The molecule has 2 fully saturated rings. The Hall–Kier alpha value is -1.86. The van der Waals surface area contributed by atoms with Crippen LogP contribution >= 0.6 is 15.9 Å². The first kappa shape index (κ1) is 17.5. The maximum atomic E-state index is 13.1. The second-order valence-electron chi connectivity index (χ2n) is 6.75. The van der Waals surface area contributed by atoms with Gasteiger partial charge in [0.2, 0.25) is 0 Å². The summed E-state index contributed by atoms with van der Waals surface area (Å²) in [7, 11) is -3.28. The molecular formula is C19H19BrN2O3S. The molecule has 136 valence electrons. The maximum Gasteiger partial charge on any atom is 0.321 e. The molecule has 2 aliphatic heterocycles. The topological polar surface area (TPSA) is 57.7 Å². The van der Waals surface area contributed by atoms with Crippen LogP contribution in [0.25, 0.3) is 0 Å². The van der Waals surface area contributed by atoms with E-state index < -0.39 is 14.0 Å². The van der Waals surface area contributed by atoms with Gasteiger partial charge in [-0.3, -0.25) is 0 Å². The van der Waals surface area contributed by atoms with Gasteiger partial charge in [0.15, 0.2) is 9.84 Å². The summed E-state index contributed by atoms with van der Waals surface area (Å²) in [6.07, 6.45) is 0. The molecule has 2 heterocycles. The number of alkyl halides is 1. The number of rotatable bonds is 4. The molecule has 0 aliphatic carbocycles. The number of amides is 2. The van der Waals surface area contributed by atoms with Crippen molar-refractivity contribution in [2.45, 2.75) is 29.3 Å². The lowest BCUT2D eigenvalue weighted by Gasteiger charge is -2.24. The number of carbonyl (C=O) groups excluding carboxylic acids is 1. The van der Waals surface area contributed by atoms with Crippen LogP contribution in [0.1, 0.15) is 11.1 Å². The number of carbonyl (C=O) groups is 1. The van der Waals surface area contributed by atoms with E-state index in [0.717, 1.165) is 11.1 Å². The Morgan fingerprint density at radius 2 is 1.38 bits per heavy atom. The van der Waals surface area contributed by atoms with E-state index in [4.69, 9.17) is 0 Å². The molecule has 0 spiro atoms. The first-order chi connectivity index (χ1) is 12.5. The summed E-state index contributed by atoms with van der Waals surface area (Å²) in [5.74, 6) is -0.00253. The van der Waals surface area contributed by atoms with E-state index in [2.05, 4.69) is 15.9 Å². The van der Waals surface area contributed by atoms with Gasteiger partial charge in [-0.1, -0.05) is 76.6 Å². The Balaban J connectivity index is 1.67. The summed E-state index contributed by atoms with van der Waals surface area (Å²) in [5.41, 5.74) is 1.99. The second-order valence-corrected chi connectivity index (χ2v) is 10.5. The van der Waals surface area contributed by atoms with Crippen LogP contribution < -0.4 is 0 Å². The van der Waals surface area contributed by atoms with Crippen LogP contribution in [-0.2, 0) is 22.9 Å². The summed E-state index contributed by atoms with van der Waals surface area (Å²) in [6.45, 7) is 0.825. The van der Waals surface area contributed by atoms with E-state index in [0.29, 0.717) is 13.1 Å². The van der Waals surface area contributed by atoms with E-state index >= 15 is 0 Å². The van der Waals surface area contributed by atoms with Crippen molar-refractivity contribution in [3.05, 3.63) is 71.8 Å². The zero-order chi connectivity index (χ0) is 18.3. The molecule has 0 bridgehead atoms. The molecule has 7 heteroatoms. The standard InChI is InChI=1S/C19H19BrN2O3S/c20-18-17-16(13-26(18,24)25)21(11-14-7-3-1-4-8-14)19(23)22(17)12-15-9-5-2-6-10-15/h1-10,16-18H,11-13H2/t16-,17-,18+/m1/s1. The molecule has 0 aromatic heterocycles. The monoisotopic (exact) mass is 434 g/mol. The second kappa shape index (κ2) is 6.70. The smallest absolute Gasteiger partial charge is 0.314 e. The fraction of sp³-hybridized carbons (Fsp3) is 0.316. The predicted octanol–water partition coefficient (Wildman–Crippen LogP) is 3.01. The van der Waals surface area contributed by atoms with Crippen LogP contribution in [0.4, 0.5) is 4.79 Å². The fourth-order valence-corrected chi connectivity index (χ4v) is 6.68. The summed E-state index contributed by atoms with van der Waals surface area (Å²) in [6, 6.07) is 18.5. The van der Waals surface area contributed by atoms with E-state index in [9.17, 15) is 13.2 Å². The minimum Gasteiger partial charge on any atom is -0.314 e. The minimum atomic E-state index is -3.28. The quantitative estimate of drug-likeness (QED) is 0.548. The average Bonchev–Trinajstić information content (AvgIpc) is 3.02. The van der Waals surface area contributed by atoms with Gasteiger partial charge in [0, 0.05) is 13.1 Å². The van der Waals surface area contributed by atoms with Gasteiger partial charge in [0.05, 0.1) is 17.8 Å². The van der Waals surface area contributed by atoms with Crippen molar-refractivity contribution in [3.63, 3.8) is 0 Å². The fourth-order valence-electron chi connectivity index (χ4n) is 3.79. The highest BCUT2D eigenvalue weighted by Gasteiger charge is 2.58. The van der Waals surface area contributed by atoms with Crippen molar-refractivity contribution in [2.75, 3.05) is 5.75 Å². The van der Waals surface area contributed by atoms with Crippen molar-refractivity contribution in [1.82, 2.24) is 9.80 Å². The molecule has 26 heavy (non-hydrogen) atoms. The third-order valence-electron chi connectivity index (χ3n) is 5.05. The van der Waals surface area contributed by atoms with E-state index in [1.807, 2.05) is 60.7 Å². The van der Waals surface area contributed by atoms with E-state index in [-0.39, 0.29) is 23.9 Å². The molecule has 0 unspecified atom stereocenters. The third kappa shape index (κ3) is 3.03. The summed E-state index contributed by atoms with van der Waals surface area (Å²) in [5, 5.41) is 0. The summed E-state index contributed by atoms with van der Waals surface area (Å²) < 4.78 is 24.2. The van der Waals surface area contributed by atoms with Gasteiger partial charge in [-0.05, 0) is 11.1 Å². The van der Waals surface area contributed by atoms with Crippen LogP contribution in [-0.4, -0.2) is 46.2 Å². The molecule has 0 N–H and O–H groups in total. The molecule has 2 amide bonds. The largest absolute Gasteiger partial charge is 0.321 e. The van der Waals surface area contributed by atoms with Crippen molar-refractivity contribution < 1.29 is 13.2 Å². The van der Waals surface area contributed by atoms with Crippen molar-refractivity contribution in [3.8, 4) is 0 Å². The zero-order valence-corrected chi connectivity index (χ0v) is 16.4. The van der Waals surface area contributed by atoms with Crippen molar-refractivity contribution in [2.24, 2.45) is 0 Å². The average molecular weight is 435 g/mol. The van der Waals surface area contributed by atoms with E-state index in [1.54, 1.807) is 9.80 Å². The molecule has 2 saturated heterocycles. The van der Waals surface area contributed by atoms with E-state index in [1.165, 1.54) is 0 Å². The molecule has 2 aromatic carbocycles. The molecule has 0 radical (unpaired) electrons. The number of nitrogens with zero attached hydrogens (tertiary/aromatic N) is 2. The number of fused-ring (bicyclic) bond motifs is 1. The molecule has 0 saturated carbocycles. The first-order valence-corrected chi connectivity index (χ1v) is 11.1. The molecule has 2 aromatic rings. The number of hydrogen-bond acceptors (Lipinski definition) is 3. The number of halogens is 1. The third-order valence-corrected chi connectivity index (χ3v) is 9.07. The highest BCUT2D eigenvalue weighted by atomic mass is 79.9.